The van der Waals surface area contributed by atoms with Crippen LogP contribution in [-0.4, -0.2) is 38.8 Å². The fraction of sp³-hybridized carbons (Fsp3) is 0.273. The summed E-state index contributed by atoms with van der Waals surface area (Å²) in [6.45, 7) is 2.26. The van der Waals surface area contributed by atoms with Crippen molar-refractivity contribution >= 4 is 23.5 Å². The number of ketones is 1. The van der Waals surface area contributed by atoms with E-state index in [0.29, 0.717) is 41.2 Å². The molecule has 9 heteroatoms. The number of hydrogen-bond donors (Lipinski definition) is 1. The van der Waals surface area contributed by atoms with Crippen molar-refractivity contribution in [3.63, 3.8) is 0 Å². The minimum atomic E-state index is -0.367. The Morgan fingerprint density at radius 3 is 2.61 bits per heavy atom. The zero-order chi connectivity index (χ0) is 21.8. The molecule has 0 bridgehead atoms. The molecule has 0 spiro atoms. The van der Waals surface area contributed by atoms with Gasteiger partial charge in [-0.3, -0.25) is 9.59 Å². The molecule has 0 saturated heterocycles. The Labute approximate surface area is 184 Å². The zero-order valence-corrected chi connectivity index (χ0v) is 18.0. The molecule has 2 heterocycles. The van der Waals surface area contributed by atoms with E-state index in [1.54, 1.807) is 12.1 Å². The maximum absolute atomic E-state index is 12.6. The molecule has 1 atom stereocenters. The van der Waals surface area contributed by atoms with Crippen molar-refractivity contribution < 1.29 is 19.1 Å². The van der Waals surface area contributed by atoms with E-state index in [1.165, 1.54) is 18.7 Å². The molecule has 8 nitrogen and oxygen atoms in total. The predicted octanol–water partition coefficient (Wildman–Crippen LogP) is 2.94. The quantitative estimate of drug-likeness (QED) is 0.448. The van der Waals surface area contributed by atoms with Crippen LogP contribution in [0.5, 0.6) is 11.5 Å². The van der Waals surface area contributed by atoms with Crippen LogP contribution in [0.3, 0.4) is 0 Å². The van der Waals surface area contributed by atoms with Gasteiger partial charge < -0.3 is 19.4 Å². The van der Waals surface area contributed by atoms with Crippen LogP contribution in [0.1, 0.15) is 34.8 Å². The van der Waals surface area contributed by atoms with Crippen molar-refractivity contribution in [3.8, 4) is 11.5 Å². The summed E-state index contributed by atoms with van der Waals surface area (Å²) >= 11 is 1.33. The first-order chi connectivity index (χ1) is 15.0. The summed E-state index contributed by atoms with van der Waals surface area (Å²) in [6.07, 6.45) is -0.367. The molecule has 0 radical (unpaired) electrons. The number of nitrogens with zero attached hydrogens (tertiary/aromatic N) is 3. The Morgan fingerprint density at radius 1 is 1.13 bits per heavy atom. The Morgan fingerprint density at radius 2 is 1.87 bits per heavy atom. The summed E-state index contributed by atoms with van der Waals surface area (Å²) in [5.41, 5.74) is 1.55. The van der Waals surface area contributed by atoms with Gasteiger partial charge >= 0.3 is 0 Å². The average Bonchev–Trinajstić information content (AvgIpc) is 3.16. The summed E-state index contributed by atoms with van der Waals surface area (Å²) in [7, 11) is 1.85. The third kappa shape index (κ3) is 4.88. The van der Waals surface area contributed by atoms with Crippen molar-refractivity contribution in [2.45, 2.75) is 24.7 Å². The molecule has 1 aromatic heterocycles. The van der Waals surface area contributed by atoms with Crippen molar-refractivity contribution in [1.82, 2.24) is 20.1 Å². The molecule has 1 aliphatic rings. The largest absolute Gasteiger partial charge is 0.485 e. The third-order valence-electron chi connectivity index (χ3n) is 4.81. The van der Waals surface area contributed by atoms with Gasteiger partial charge in [0.25, 0.3) is 0 Å². The van der Waals surface area contributed by atoms with Crippen molar-refractivity contribution in [3.05, 3.63) is 65.5 Å². The molecule has 0 fully saturated rings. The van der Waals surface area contributed by atoms with E-state index in [4.69, 9.17) is 9.47 Å². The number of fused-ring (bicyclic) bond motifs is 1. The lowest BCUT2D eigenvalue weighted by Crippen LogP contribution is -2.24. The van der Waals surface area contributed by atoms with E-state index in [0.717, 1.165) is 5.56 Å². The van der Waals surface area contributed by atoms with E-state index < -0.39 is 0 Å². The van der Waals surface area contributed by atoms with Gasteiger partial charge in [-0.2, -0.15) is 0 Å². The topological polar surface area (TPSA) is 95.3 Å². The summed E-state index contributed by atoms with van der Waals surface area (Å²) in [4.78, 5) is 23.6. The van der Waals surface area contributed by atoms with Crippen LogP contribution in [-0.2, 0) is 18.4 Å². The van der Waals surface area contributed by atoms with Gasteiger partial charge in [-0.05, 0) is 17.7 Å². The maximum atomic E-state index is 12.6. The number of ether oxygens (including phenoxy) is 2. The molecule has 31 heavy (non-hydrogen) atoms. The average molecular weight is 439 g/mol. The van der Waals surface area contributed by atoms with Gasteiger partial charge in [0, 0.05) is 26.1 Å². The fourth-order valence-electron chi connectivity index (χ4n) is 3.13. The maximum Gasteiger partial charge on any atom is 0.217 e. The lowest BCUT2D eigenvalue weighted by Gasteiger charge is -2.25. The number of hydrogen-bond acceptors (Lipinski definition) is 7. The molecule has 1 unspecified atom stereocenters. The highest BCUT2D eigenvalue weighted by molar-refractivity contribution is 7.99. The lowest BCUT2D eigenvalue weighted by molar-refractivity contribution is -0.119. The van der Waals surface area contributed by atoms with Crippen LogP contribution in [0.2, 0.25) is 0 Å². The van der Waals surface area contributed by atoms with Crippen molar-refractivity contribution in [1.29, 1.82) is 0 Å². The number of Topliss-reactive ketones (excluding diaryl/α,β-unsaturated/α-hetero) is 1. The highest BCUT2D eigenvalue weighted by Gasteiger charge is 2.27. The number of carbonyl (C=O) groups is 2. The minimum Gasteiger partial charge on any atom is -0.485 e. The van der Waals surface area contributed by atoms with Crippen LogP contribution in [0, 0.1) is 0 Å². The van der Waals surface area contributed by atoms with Gasteiger partial charge in [-0.25, -0.2) is 0 Å². The van der Waals surface area contributed by atoms with E-state index in [-0.39, 0.29) is 23.5 Å². The second-order valence-corrected chi connectivity index (χ2v) is 8.03. The number of para-hydroxylation sites is 2. The number of carbonyl (C=O) groups excluding carboxylic acids is 2. The number of amides is 1. The molecule has 3 aromatic rings. The predicted molar refractivity (Wildman–Crippen MR) is 115 cm³/mol. The first-order valence-corrected chi connectivity index (χ1v) is 10.8. The molecule has 2 aromatic carbocycles. The van der Waals surface area contributed by atoms with Crippen LogP contribution in [0.4, 0.5) is 0 Å². The first kappa shape index (κ1) is 20.9. The van der Waals surface area contributed by atoms with Crippen LogP contribution >= 0.6 is 11.8 Å². The Bertz CT molecular complexity index is 1100. The van der Waals surface area contributed by atoms with E-state index >= 15 is 0 Å². The monoisotopic (exact) mass is 438 g/mol. The number of benzene rings is 2. The smallest absolute Gasteiger partial charge is 0.217 e. The Kier molecular flexibility index (Phi) is 6.22. The Hall–Kier alpha value is -3.33. The van der Waals surface area contributed by atoms with E-state index in [9.17, 15) is 9.59 Å². The van der Waals surface area contributed by atoms with E-state index in [1.807, 2.05) is 48.0 Å². The number of rotatable bonds is 7. The number of nitrogens with one attached hydrogen (secondary N) is 1. The molecular weight excluding hydrogens is 416 g/mol. The van der Waals surface area contributed by atoms with Crippen molar-refractivity contribution in [2.75, 3.05) is 12.4 Å². The first-order valence-electron chi connectivity index (χ1n) is 9.78. The fourth-order valence-corrected chi connectivity index (χ4v) is 3.94. The lowest BCUT2D eigenvalue weighted by atomic mass is 10.1. The molecule has 1 aliphatic heterocycles. The summed E-state index contributed by atoms with van der Waals surface area (Å²) in [6, 6.07) is 14.7. The van der Waals surface area contributed by atoms with Gasteiger partial charge in [0.05, 0.1) is 5.75 Å². The molecule has 1 N–H and O–H groups in total. The standard InChI is InChI=1S/C22H22N4O4S/c1-14(27)23-11-15-7-9-16(10-8-15)17(28)13-31-22-25-24-21(26(22)2)20-12-29-18-5-3-4-6-19(18)30-20/h3-10,20H,11-13H2,1-2H3,(H,23,27). The van der Waals surface area contributed by atoms with Gasteiger partial charge in [0.1, 0.15) is 6.61 Å². The molecule has 160 valence electrons. The number of aromatic nitrogens is 3. The van der Waals surface area contributed by atoms with Crippen molar-refractivity contribution in [2.24, 2.45) is 7.05 Å². The third-order valence-corrected chi connectivity index (χ3v) is 5.84. The molecule has 0 saturated carbocycles. The zero-order valence-electron chi connectivity index (χ0n) is 17.2. The summed E-state index contributed by atoms with van der Waals surface area (Å²) < 4.78 is 13.6. The molecular formula is C22H22N4O4S. The SMILES string of the molecule is CC(=O)NCc1ccc(C(=O)CSc2nnc(C3COc4ccccc4O3)n2C)cc1. The summed E-state index contributed by atoms with van der Waals surface area (Å²) in [5, 5.41) is 11.8. The molecule has 0 aliphatic carbocycles. The second-order valence-electron chi connectivity index (χ2n) is 7.08. The van der Waals surface area contributed by atoms with Gasteiger partial charge in [0.15, 0.2) is 34.4 Å². The van der Waals surface area contributed by atoms with Crippen LogP contribution in [0.25, 0.3) is 0 Å². The normalized spacial score (nSPS) is 14.8. The number of thioether (sulfide) groups is 1. The van der Waals surface area contributed by atoms with Crippen LogP contribution < -0.4 is 14.8 Å². The highest BCUT2D eigenvalue weighted by atomic mass is 32.2. The molecule has 4 rings (SSSR count). The molecule has 1 amide bonds. The van der Waals surface area contributed by atoms with E-state index in [2.05, 4.69) is 15.5 Å². The van der Waals surface area contributed by atoms with Gasteiger partial charge in [-0.15, -0.1) is 10.2 Å². The van der Waals surface area contributed by atoms with Gasteiger partial charge in [0.2, 0.25) is 5.91 Å². The second kappa shape index (κ2) is 9.22. The van der Waals surface area contributed by atoms with Crippen LogP contribution in [0.15, 0.2) is 53.7 Å². The Balaban J connectivity index is 1.36. The minimum absolute atomic E-state index is 0.00759. The highest BCUT2D eigenvalue weighted by Crippen LogP contribution is 2.35. The summed E-state index contributed by atoms with van der Waals surface area (Å²) in [5.74, 6) is 2.17. The van der Waals surface area contributed by atoms with Gasteiger partial charge in [-0.1, -0.05) is 48.2 Å².